The van der Waals surface area contributed by atoms with E-state index in [0.717, 1.165) is 11.1 Å². The van der Waals surface area contributed by atoms with Gasteiger partial charge in [-0.2, -0.15) is 0 Å². The molecule has 1 aromatic carbocycles. The van der Waals surface area contributed by atoms with Crippen LogP contribution in [0.1, 0.15) is 19.4 Å². The first-order valence-corrected chi connectivity index (χ1v) is 8.94. The molecule has 0 saturated carbocycles. The maximum atomic E-state index is 12.7. The summed E-state index contributed by atoms with van der Waals surface area (Å²) in [5.74, 6) is -2.02. The topological polar surface area (TPSA) is 73.9 Å². The summed E-state index contributed by atoms with van der Waals surface area (Å²) >= 11 is 4.69. The fourth-order valence-corrected chi connectivity index (χ4v) is 3.63. The Hall–Kier alpha value is -1.27. The van der Waals surface area contributed by atoms with E-state index in [4.69, 9.17) is 13.8 Å². The maximum absolute atomic E-state index is 12.7. The van der Waals surface area contributed by atoms with Crippen molar-refractivity contribution in [2.75, 3.05) is 13.2 Å². The third-order valence-electron chi connectivity index (χ3n) is 2.61. The van der Waals surface area contributed by atoms with Crippen LogP contribution >= 0.6 is 19.8 Å². The molecule has 0 spiro atoms. The van der Waals surface area contributed by atoms with Gasteiger partial charge in [-0.3, -0.25) is 4.57 Å². The molecule has 0 aliphatic carbocycles. The highest BCUT2D eigenvalue weighted by Gasteiger charge is 2.42. The lowest BCUT2D eigenvalue weighted by atomic mass is 10.2. The molecule has 0 bridgehead atoms. The van der Waals surface area contributed by atoms with Crippen LogP contribution in [0.2, 0.25) is 0 Å². The van der Waals surface area contributed by atoms with Crippen molar-refractivity contribution in [3.8, 4) is 0 Å². The van der Waals surface area contributed by atoms with E-state index in [9.17, 15) is 9.36 Å². The first kappa shape index (κ1) is 18.8. The summed E-state index contributed by atoms with van der Waals surface area (Å²) in [5, 5.41) is 2.53. The number of ether oxygens (including phenoxy) is 1. The van der Waals surface area contributed by atoms with E-state index in [-0.39, 0.29) is 19.8 Å². The Balaban J connectivity index is 2.81. The zero-order valence-electron chi connectivity index (χ0n) is 12.6. The van der Waals surface area contributed by atoms with Gasteiger partial charge in [0.2, 0.25) is 5.78 Å². The molecule has 0 radical (unpaired) electrons. The highest BCUT2D eigenvalue weighted by atomic mass is 32.1. The average molecular weight is 345 g/mol. The summed E-state index contributed by atoms with van der Waals surface area (Å²) in [5.41, 5.74) is 1.92. The van der Waals surface area contributed by atoms with Gasteiger partial charge in [-0.25, -0.2) is 4.79 Å². The average Bonchev–Trinajstić information content (AvgIpc) is 2.51. The number of hydrogen-bond acceptors (Lipinski definition) is 6. The van der Waals surface area contributed by atoms with Crippen LogP contribution < -0.4 is 5.32 Å². The van der Waals surface area contributed by atoms with Crippen molar-refractivity contribution in [2.45, 2.75) is 26.2 Å². The molecule has 0 aromatic heterocycles. The van der Waals surface area contributed by atoms with Gasteiger partial charge in [0.05, 0.1) is 18.7 Å². The van der Waals surface area contributed by atoms with E-state index < -0.39 is 19.3 Å². The third-order valence-corrected chi connectivity index (χ3v) is 4.97. The van der Waals surface area contributed by atoms with Crippen LogP contribution in [0, 0.1) is 0 Å². The van der Waals surface area contributed by atoms with Crippen molar-refractivity contribution in [1.82, 2.24) is 5.32 Å². The highest BCUT2D eigenvalue weighted by Crippen LogP contribution is 2.52. The molecule has 0 aliphatic rings. The van der Waals surface area contributed by atoms with Crippen molar-refractivity contribution in [3.05, 3.63) is 35.9 Å². The lowest BCUT2D eigenvalue weighted by molar-refractivity contribution is -0.145. The Morgan fingerprint density at radius 1 is 1.27 bits per heavy atom. The van der Waals surface area contributed by atoms with Crippen molar-refractivity contribution < 1.29 is 23.1 Å². The van der Waals surface area contributed by atoms with Gasteiger partial charge in [0.15, 0.2) is 0 Å². The quantitative estimate of drug-likeness (QED) is 0.397. The van der Waals surface area contributed by atoms with Crippen LogP contribution in [0.25, 0.3) is 0 Å². The molecule has 8 heteroatoms. The summed E-state index contributed by atoms with van der Waals surface area (Å²) in [7, 11) is -3.71. The van der Waals surface area contributed by atoms with Gasteiger partial charge in [0.25, 0.3) is 0 Å². The molecule has 1 unspecified atom stereocenters. The number of nitrogens with one attached hydrogen (secondary N) is 1. The molecule has 1 N–H and O–H groups in total. The Bertz CT molecular complexity index is 515. The third kappa shape index (κ3) is 5.50. The van der Waals surface area contributed by atoms with E-state index in [1.165, 1.54) is 0 Å². The van der Waals surface area contributed by atoms with Gasteiger partial charge in [-0.15, -0.1) is 0 Å². The molecule has 0 aliphatic heterocycles. The lowest BCUT2D eigenvalue weighted by Gasteiger charge is -2.24. The summed E-state index contributed by atoms with van der Waals surface area (Å²) in [6.07, 6.45) is 0. The Morgan fingerprint density at radius 3 is 2.36 bits per heavy atom. The van der Waals surface area contributed by atoms with Gasteiger partial charge in [-0.1, -0.05) is 42.5 Å². The molecule has 22 heavy (non-hydrogen) atoms. The van der Waals surface area contributed by atoms with Gasteiger partial charge < -0.3 is 19.1 Å². The molecular formula is C14H20NO5PS. The molecular weight excluding hydrogens is 325 g/mol. The Kier molecular flexibility index (Phi) is 8.27. The fourth-order valence-electron chi connectivity index (χ4n) is 1.71. The number of rotatable bonds is 10. The van der Waals surface area contributed by atoms with Crippen LogP contribution in [0.4, 0.5) is 0 Å². The molecule has 0 saturated heterocycles. The number of carbonyl (C=O) groups excluding carboxylic acids is 1. The summed E-state index contributed by atoms with van der Waals surface area (Å²) in [6.45, 7) is 3.66. The summed E-state index contributed by atoms with van der Waals surface area (Å²) in [6, 6.07) is 9.17. The van der Waals surface area contributed by atoms with Crippen molar-refractivity contribution >= 4 is 31.3 Å². The van der Waals surface area contributed by atoms with Crippen LogP contribution in [0.15, 0.2) is 30.3 Å². The second-order valence-electron chi connectivity index (χ2n) is 4.16. The number of thiocarbonyl (C=S) groups is 1. The zero-order valence-corrected chi connectivity index (χ0v) is 14.3. The van der Waals surface area contributed by atoms with E-state index in [1.807, 2.05) is 30.3 Å². The standard InChI is InChI=1S/C14H20NO5PS/c1-3-19-21(17,20-4-2)13(15-11-22)14(16)18-10-12-8-6-5-7-9-12/h5-9,11,13H,3-4,10H2,1-2H3,(H,15,22). The predicted molar refractivity (Wildman–Crippen MR) is 87.7 cm³/mol. The van der Waals surface area contributed by atoms with E-state index >= 15 is 0 Å². The number of hydrogen-bond donors (Lipinski definition) is 1. The zero-order chi connectivity index (χ0) is 16.4. The van der Waals surface area contributed by atoms with Crippen molar-refractivity contribution in [3.63, 3.8) is 0 Å². The molecule has 1 rings (SSSR count). The molecule has 0 amide bonds. The monoisotopic (exact) mass is 345 g/mol. The van der Waals surface area contributed by atoms with E-state index in [1.54, 1.807) is 13.8 Å². The second kappa shape index (κ2) is 9.69. The molecule has 0 heterocycles. The van der Waals surface area contributed by atoms with Gasteiger partial charge in [0.1, 0.15) is 6.61 Å². The van der Waals surface area contributed by atoms with Crippen LogP contribution in [0.5, 0.6) is 0 Å². The predicted octanol–water partition coefficient (Wildman–Crippen LogP) is 2.87. The first-order valence-electron chi connectivity index (χ1n) is 6.86. The SMILES string of the molecule is CCOP(=O)(OCC)C(NC=S)C(=O)OCc1ccccc1. The summed E-state index contributed by atoms with van der Waals surface area (Å²) in [4.78, 5) is 12.2. The number of esters is 1. The normalized spacial score (nSPS) is 12.5. The van der Waals surface area contributed by atoms with Crippen LogP contribution in [-0.4, -0.2) is 30.5 Å². The molecule has 6 nitrogen and oxygen atoms in total. The maximum Gasteiger partial charge on any atom is 0.364 e. The molecule has 0 fully saturated rings. The lowest BCUT2D eigenvalue weighted by Crippen LogP contribution is -2.38. The smallest absolute Gasteiger partial charge is 0.364 e. The number of carbonyl (C=O) groups is 1. The van der Waals surface area contributed by atoms with Crippen molar-refractivity contribution in [1.29, 1.82) is 0 Å². The van der Waals surface area contributed by atoms with Gasteiger partial charge >= 0.3 is 13.6 Å². The second-order valence-corrected chi connectivity index (χ2v) is 6.50. The summed E-state index contributed by atoms with van der Waals surface area (Å²) < 4.78 is 28.2. The minimum Gasteiger partial charge on any atom is -0.459 e. The molecule has 1 atom stereocenters. The van der Waals surface area contributed by atoms with E-state index in [0.29, 0.717) is 0 Å². The fraction of sp³-hybridized carbons (Fsp3) is 0.429. The van der Waals surface area contributed by atoms with Gasteiger partial charge in [-0.05, 0) is 19.4 Å². The minimum atomic E-state index is -3.71. The first-order chi connectivity index (χ1) is 10.6. The van der Waals surface area contributed by atoms with Crippen LogP contribution in [-0.2, 0) is 29.8 Å². The highest BCUT2D eigenvalue weighted by molar-refractivity contribution is 7.78. The Labute approximate surface area is 135 Å². The Morgan fingerprint density at radius 2 is 1.86 bits per heavy atom. The van der Waals surface area contributed by atoms with E-state index in [2.05, 4.69) is 17.5 Å². The van der Waals surface area contributed by atoms with Crippen molar-refractivity contribution in [2.24, 2.45) is 0 Å². The van der Waals surface area contributed by atoms with Crippen LogP contribution in [0.3, 0.4) is 0 Å². The van der Waals surface area contributed by atoms with Gasteiger partial charge in [0, 0.05) is 0 Å². The largest absolute Gasteiger partial charge is 0.459 e. The number of benzene rings is 1. The molecule has 1 aromatic rings. The molecule has 122 valence electrons. The minimum absolute atomic E-state index is 0.0630.